The van der Waals surface area contributed by atoms with Crippen molar-refractivity contribution in [2.24, 2.45) is 14.0 Å². The van der Waals surface area contributed by atoms with Gasteiger partial charge in [0.2, 0.25) is 23.1 Å². The van der Waals surface area contributed by atoms with E-state index < -0.39 is 6.98 Å². The van der Waals surface area contributed by atoms with Crippen molar-refractivity contribution in [2.45, 2.75) is 26.2 Å². The lowest BCUT2D eigenvalue weighted by Crippen LogP contribution is -2.32. The van der Waals surface area contributed by atoms with Crippen LogP contribution in [0.2, 0.25) is 0 Å². The quantitative estimate of drug-likeness (QED) is 0.149. The first-order chi connectivity index (χ1) is 42.7. The Hall–Kier alpha value is -11.5. The summed E-state index contributed by atoms with van der Waals surface area (Å²) in [6, 6.07) is 42.9. The molecule has 4 aliphatic heterocycles. The average molecular weight is 1100 g/mol. The number of hydrogen-bond donors (Lipinski definition) is 0. The molecule has 20 heterocycles. The van der Waals surface area contributed by atoms with Gasteiger partial charge in [0.15, 0.2) is 41.9 Å². The van der Waals surface area contributed by atoms with Crippen LogP contribution in [-0.4, -0.2) is 71.2 Å². The normalized spacial score (nSPS) is 13.6. The second-order valence-corrected chi connectivity index (χ2v) is 21.2. The minimum Gasteiger partial charge on any atom is -0.414 e. The zero-order valence-corrected chi connectivity index (χ0v) is 44.8. The van der Waals surface area contributed by atoms with Crippen LogP contribution in [0.1, 0.15) is 26.9 Å². The average Bonchev–Trinajstić information content (AvgIpc) is 1.60. The third-order valence-corrected chi connectivity index (χ3v) is 16.7. The fourth-order valence-electron chi connectivity index (χ4n) is 13.2. The Morgan fingerprint density at radius 1 is 0.405 bits per heavy atom. The highest BCUT2D eigenvalue weighted by Gasteiger charge is 2.38. The van der Waals surface area contributed by atoms with E-state index in [0.717, 1.165) is 104 Å². The van der Waals surface area contributed by atoms with Crippen LogP contribution in [-0.2, 0) is 40.2 Å². The van der Waals surface area contributed by atoms with Crippen molar-refractivity contribution in [3.05, 3.63) is 225 Å². The molecular formula is C64H47N19O+4. The van der Waals surface area contributed by atoms with E-state index >= 15 is 0 Å². The van der Waals surface area contributed by atoms with Gasteiger partial charge in [0, 0.05) is 79.9 Å². The summed E-state index contributed by atoms with van der Waals surface area (Å²) in [6.07, 6.45) is 21.7. The molecule has 0 aliphatic carbocycles. The van der Waals surface area contributed by atoms with Gasteiger partial charge in [0.25, 0.3) is 22.8 Å². The first-order valence-electron chi connectivity index (χ1n) is 29.0. The number of nitrogens with zero attached hydrogens (tertiary/aromatic N) is 19. The smallest absolute Gasteiger partial charge is 0.335 e. The molecule has 0 bridgehead atoms. The Labute approximate surface area is 479 Å². The summed E-state index contributed by atoms with van der Waals surface area (Å²) in [7, 11) is 2.11. The van der Waals surface area contributed by atoms with Crippen LogP contribution in [0.25, 0.3) is 118 Å². The summed E-state index contributed by atoms with van der Waals surface area (Å²) < 4.78 is 53.1. The molecule has 0 unspecified atom stereocenters. The number of fused-ring (bicyclic) bond motifs is 28. The lowest BCUT2D eigenvalue weighted by molar-refractivity contribution is -0.652. The molecule has 84 heavy (non-hydrogen) atoms. The fraction of sp³-hybridized carbons (Fsp3) is 0.0938. The molecular weight excluding hydrogens is 1050 g/mol. The predicted molar refractivity (Wildman–Crippen MR) is 310 cm³/mol. The minimum atomic E-state index is -2.27. The number of hydrogen-bond acceptors (Lipinski definition) is 9. The summed E-state index contributed by atoms with van der Waals surface area (Å²) in [6.45, 7) is 0.646. The molecule has 20 heteroatoms. The standard InChI is InChI=1S/C20H14N5.2C15H12N5.C14H9N4O/c1-2-5-14(6-3-1)25-18-11-15-8-10-21-13-24(15)20(18)23-12-17-16(19(23)25)7-4-9-22-17;2*1-18-13-7-10-4-6-16-9-20(10)15(13)19-8-12-11(14(18)19)3-2-5-17-12;1-2-10-11(16-4-1)7-17-13-12(19-14(10)17)6-9-3-5-15-8-18(9)13/h1-11,13H,12H2;2*2-7,9H,8H2,1H3;1-6,8H,7H2/q4*+1/i;1D3;;. The maximum atomic E-state index is 7.99. The number of oxazole rings is 1. The van der Waals surface area contributed by atoms with Gasteiger partial charge in [0.1, 0.15) is 53.9 Å². The summed E-state index contributed by atoms with van der Waals surface area (Å²) >= 11 is 0. The van der Waals surface area contributed by atoms with Gasteiger partial charge in [-0.05, 0) is 78.9 Å². The van der Waals surface area contributed by atoms with Crippen molar-refractivity contribution < 1.29 is 26.8 Å². The zero-order valence-electron chi connectivity index (χ0n) is 47.8. The molecule has 0 amide bonds. The number of pyridine rings is 4. The maximum Gasteiger partial charge on any atom is 0.335 e. The molecule has 0 spiro atoms. The molecule has 21 rings (SSSR count). The number of aryl methyl sites for hydroxylation is 2. The number of para-hydroxylation sites is 1. The molecule has 0 fully saturated rings. The highest BCUT2D eigenvalue weighted by molar-refractivity contribution is 5.86. The molecule has 16 aromatic heterocycles. The van der Waals surface area contributed by atoms with E-state index in [0.29, 0.717) is 17.9 Å². The number of aromatic nitrogens is 19. The van der Waals surface area contributed by atoms with Crippen molar-refractivity contribution >= 4 is 66.8 Å². The summed E-state index contributed by atoms with van der Waals surface area (Å²) in [5.41, 5.74) is 22.2. The Morgan fingerprint density at radius 2 is 0.821 bits per heavy atom. The molecule has 17 aromatic rings. The SMILES string of the molecule is Cn1c2[n+](c3c1cc1ccncn13)Cc1ncccc1-2.[2H]C([2H])([2H])n1c2[n+](c3c1cc1ccncn13)Cc1ncccc1-2.c1ccc(-n2c3[n+](c4c2cc2ccncn24)Cc2ncccc2-3)cc1.c1cnc2c(c1)-c1oc3cc4ccncn4c3[n+]1C2. The van der Waals surface area contributed by atoms with Crippen molar-refractivity contribution in [3.63, 3.8) is 0 Å². The van der Waals surface area contributed by atoms with E-state index in [1.165, 1.54) is 49.5 Å². The van der Waals surface area contributed by atoms with Crippen molar-refractivity contribution in [1.29, 1.82) is 0 Å². The van der Waals surface area contributed by atoms with Crippen LogP contribution in [0.15, 0.2) is 207 Å². The number of rotatable bonds is 1. The molecule has 400 valence electrons. The Kier molecular flexibility index (Phi) is 9.01. The van der Waals surface area contributed by atoms with Gasteiger partial charge in [-0.3, -0.25) is 29.1 Å². The van der Waals surface area contributed by atoms with Gasteiger partial charge >= 0.3 is 5.65 Å². The Balaban J connectivity index is 0.0000000877. The van der Waals surface area contributed by atoms with Crippen LogP contribution >= 0.6 is 0 Å². The minimum absolute atomic E-state index is 0.562. The third-order valence-electron chi connectivity index (χ3n) is 16.7. The van der Waals surface area contributed by atoms with E-state index in [2.05, 4.69) is 133 Å². The highest BCUT2D eigenvalue weighted by Crippen LogP contribution is 2.36. The second-order valence-electron chi connectivity index (χ2n) is 21.2. The van der Waals surface area contributed by atoms with Gasteiger partial charge in [0.05, 0.1) is 63.2 Å². The largest absolute Gasteiger partial charge is 0.414 e. The third kappa shape index (κ3) is 6.51. The maximum absolute atomic E-state index is 7.99. The molecule has 20 nitrogen and oxygen atoms in total. The van der Waals surface area contributed by atoms with Crippen molar-refractivity contribution in [3.8, 4) is 51.3 Å². The van der Waals surface area contributed by atoms with Crippen LogP contribution in [0.4, 0.5) is 0 Å². The fourth-order valence-corrected chi connectivity index (χ4v) is 13.2. The monoisotopic (exact) mass is 1100 g/mol. The molecule has 0 saturated heterocycles. The Morgan fingerprint density at radius 3 is 1.36 bits per heavy atom. The number of benzene rings is 1. The van der Waals surface area contributed by atoms with E-state index in [1.54, 1.807) is 24.9 Å². The summed E-state index contributed by atoms with van der Waals surface area (Å²) in [4.78, 5) is 34.8. The summed E-state index contributed by atoms with van der Waals surface area (Å²) in [5.74, 6) is 3.96. The van der Waals surface area contributed by atoms with E-state index in [-0.39, 0.29) is 0 Å². The van der Waals surface area contributed by atoms with Crippen LogP contribution in [0, 0.1) is 0 Å². The van der Waals surface area contributed by atoms with Gasteiger partial charge in [-0.2, -0.15) is 8.97 Å². The molecule has 0 radical (unpaired) electrons. The first kappa shape index (κ1) is 43.3. The molecule has 4 aliphatic rings. The topological polar surface area (TPSA) is 164 Å². The molecule has 0 atom stereocenters. The second kappa shape index (κ2) is 17.5. The van der Waals surface area contributed by atoms with Gasteiger partial charge in [-0.1, -0.05) is 18.2 Å². The molecule has 0 N–H and O–H groups in total. The number of imidazole rings is 3. The Bertz CT molecular complexity index is 5700. The van der Waals surface area contributed by atoms with Crippen molar-refractivity contribution in [2.75, 3.05) is 0 Å². The van der Waals surface area contributed by atoms with Gasteiger partial charge < -0.3 is 4.42 Å². The van der Waals surface area contributed by atoms with Crippen LogP contribution < -0.4 is 18.3 Å². The van der Waals surface area contributed by atoms with Gasteiger partial charge in [-0.25, -0.2) is 51.4 Å². The van der Waals surface area contributed by atoms with E-state index in [9.17, 15) is 0 Å². The first-order valence-corrected chi connectivity index (χ1v) is 27.5. The summed E-state index contributed by atoms with van der Waals surface area (Å²) in [5, 5.41) is 0. The lowest BCUT2D eigenvalue weighted by Gasteiger charge is -2.03. The van der Waals surface area contributed by atoms with Crippen molar-refractivity contribution in [1.82, 2.24) is 71.2 Å². The van der Waals surface area contributed by atoms with Crippen LogP contribution in [0.3, 0.4) is 0 Å². The predicted octanol–water partition coefficient (Wildman–Crippen LogP) is 7.86. The molecule has 1 aromatic carbocycles. The van der Waals surface area contributed by atoms with Crippen LogP contribution in [0.5, 0.6) is 0 Å². The van der Waals surface area contributed by atoms with E-state index in [4.69, 9.17) is 8.53 Å². The molecule has 0 saturated carbocycles. The van der Waals surface area contributed by atoms with E-state index in [1.807, 2.05) is 136 Å². The highest BCUT2D eigenvalue weighted by atomic mass is 16.4. The zero-order chi connectivity index (χ0) is 57.8. The van der Waals surface area contributed by atoms with Gasteiger partial charge in [-0.15, -0.1) is 0 Å². The lowest BCUT2D eigenvalue weighted by atomic mass is 10.2.